The van der Waals surface area contributed by atoms with Gasteiger partial charge in [0, 0.05) is 49.7 Å². The quantitative estimate of drug-likeness (QED) is 0.123. The molecule has 3 aliphatic rings. The van der Waals surface area contributed by atoms with Crippen LogP contribution in [0.3, 0.4) is 0 Å². The van der Waals surface area contributed by atoms with Crippen LogP contribution in [0.2, 0.25) is 0 Å². The molecule has 56 heavy (non-hydrogen) atoms. The zero-order valence-electron chi connectivity index (χ0n) is 36.0. The Morgan fingerprint density at radius 1 is 0.875 bits per heavy atom. The Morgan fingerprint density at radius 2 is 1.59 bits per heavy atom. The van der Waals surface area contributed by atoms with Crippen molar-refractivity contribution in [1.29, 1.82) is 0 Å². The molecule has 1 spiro atoms. The van der Waals surface area contributed by atoms with Gasteiger partial charge in [0.1, 0.15) is 6.10 Å². The second-order valence-corrected chi connectivity index (χ2v) is 17.8. The van der Waals surface area contributed by atoms with Crippen LogP contribution in [0, 0.1) is 35.5 Å². The van der Waals surface area contributed by atoms with E-state index < -0.39 is 66.3 Å². The van der Waals surface area contributed by atoms with E-state index in [1.54, 1.807) is 19.9 Å². The molecule has 3 heterocycles. The molecule has 10 nitrogen and oxygen atoms in total. The third kappa shape index (κ3) is 15.2. The van der Waals surface area contributed by atoms with Gasteiger partial charge < -0.3 is 44.5 Å². The van der Waals surface area contributed by atoms with Crippen molar-refractivity contribution < 1.29 is 49.3 Å². The number of hydrogen-bond acceptors (Lipinski definition) is 10. The number of allylic oxidation sites excluding steroid dienone is 4. The minimum atomic E-state index is -0.953. The smallest absolute Gasteiger partial charge is 0.330 e. The van der Waals surface area contributed by atoms with Gasteiger partial charge in [0.15, 0.2) is 5.79 Å². The van der Waals surface area contributed by atoms with Crippen molar-refractivity contribution in [3.05, 3.63) is 36.5 Å². The molecule has 0 aromatic heterocycles. The Morgan fingerprint density at radius 3 is 2.25 bits per heavy atom. The average molecular weight is 793 g/mol. The molecule has 3 rings (SSSR count). The first-order valence-corrected chi connectivity index (χ1v) is 22.1. The molecule has 324 valence electrons. The van der Waals surface area contributed by atoms with E-state index in [-0.39, 0.29) is 42.8 Å². The van der Waals surface area contributed by atoms with Crippen LogP contribution in [0.15, 0.2) is 36.5 Å². The highest BCUT2D eigenvalue weighted by Crippen LogP contribution is 2.47. The highest BCUT2D eigenvalue weighted by molar-refractivity contribution is 5.82. The van der Waals surface area contributed by atoms with E-state index in [0.717, 1.165) is 51.4 Å². The highest BCUT2D eigenvalue weighted by Gasteiger charge is 2.52. The predicted molar refractivity (Wildman–Crippen MR) is 221 cm³/mol. The molecule has 0 amide bonds. The number of hydrogen-bond donors (Lipinski definition) is 5. The normalized spacial score (nSPS) is 41.0. The highest BCUT2D eigenvalue weighted by atomic mass is 16.7. The minimum Gasteiger partial charge on any atom is -0.459 e. The maximum atomic E-state index is 13.7. The Labute approximate surface area is 339 Å². The summed E-state index contributed by atoms with van der Waals surface area (Å²) in [5.41, 5.74) is 0. The summed E-state index contributed by atoms with van der Waals surface area (Å²) in [5, 5.41) is 54.6. The molecule has 2 saturated heterocycles. The number of carbonyl (C=O) groups is 1. The molecule has 0 aromatic carbocycles. The number of carbonyl (C=O) groups excluding carboxylic acids is 1. The number of aliphatic hydroxyl groups is 5. The maximum Gasteiger partial charge on any atom is 0.330 e. The molecule has 16 atom stereocenters. The van der Waals surface area contributed by atoms with E-state index in [9.17, 15) is 30.3 Å². The predicted octanol–water partition coefficient (Wildman–Crippen LogP) is 7.58. The number of aliphatic hydroxyl groups excluding tert-OH is 5. The van der Waals surface area contributed by atoms with Crippen molar-refractivity contribution in [2.75, 3.05) is 7.11 Å². The van der Waals surface area contributed by atoms with Crippen LogP contribution in [-0.2, 0) is 23.7 Å². The molecule has 0 saturated carbocycles. The average Bonchev–Trinajstić information content (AvgIpc) is 3.16. The number of ether oxygens (including phenoxy) is 4. The van der Waals surface area contributed by atoms with E-state index in [1.165, 1.54) is 13.2 Å². The van der Waals surface area contributed by atoms with Crippen molar-refractivity contribution in [3.63, 3.8) is 0 Å². The van der Waals surface area contributed by atoms with Crippen LogP contribution in [-0.4, -0.2) is 99.3 Å². The van der Waals surface area contributed by atoms with Gasteiger partial charge in [0.25, 0.3) is 0 Å². The second kappa shape index (κ2) is 24.5. The van der Waals surface area contributed by atoms with Gasteiger partial charge in [-0.2, -0.15) is 0 Å². The summed E-state index contributed by atoms with van der Waals surface area (Å²) >= 11 is 0. The van der Waals surface area contributed by atoms with Crippen LogP contribution < -0.4 is 0 Å². The van der Waals surface area contributed by atoms with Gasteiger partial charge in [-0.3, -0.25) is 0 Å². The zero-order valence-corrected chi connectivity index (χ0v) is 36.0. The lowest BCUT2D eigenvalue weighted by Crippen LogP contribution is -2.58. The van der Waals surface area contributed by atoms with E-state index in [0.29, 0.717) is 38.0 Å². The molecular weight excluding hydrogens is 712 g/mol. The number of esters is 1. The van der Waals surface area contributed by atoms with Gasteiger partial charge in [-0.25, -0.2) is 4.79 Å². The van der Waals surface area contributed by atoms with E-state index in [4.69, 9.17) is 18.9 Å². The zero-order chi connectivity index (χ0) is 41.4. The van der Waals surface area contributed by atoms with Crippen molar-refractivity contribution in [2.45, 2.75) is 206 Å². The van der Waals surface area contributed by atoms with Gasteiger partial charge in [-0.1, -0.05) is 91.2 Å². The van der Waals surface area contributed by atoms with Crippen LogP contribution in [0.25, 0.3) is 0 Å². The van der Waals surface area contributed by atoms with Crippen molar-refractivity contribution in [3.8, 4) is 0 Å². The van der Waals surface area contributed by atoms with Crippen molar-refractivity contribution in [2.24, 2.45) is 35.5 Å². The maximum absolute atomic E-state index is 13.7. The van der Waals surface area contributed by atoms with Crippen molar-refractivity contribution >= 4 is 5.97 Å². The van der Waals surface area contributed by atoms with Crippen molar-refractivity contribution in [1.82, 2.24) is 0 Å². The number of rotatable bonds is 8. The fourth-order valence-corrected chi connectivity index (χ4v) is 8.94. The molecule has 2 bridgehead atoms. The molecule has 2 fully saturated rings. The van der Waals surface area contributed by atoms with Crippen LogP contribution in [0.5, 0.6) is 0 Å². The standard InChI is InChI=1S/C46H80O10/c1-9-11-14-18-37-41-22-21-35(10-2)17-15-12-13-16-19-38(48)33(6)39(49)27-36(53-8)28-40(50)34(7)45(52)31(4)20-23-44(51)54-43(37)29-46(55-41)25-24-30(3)42(56-46)26-32(5)47/h12-13,15,17,20,23,30-43,45,47-50,52H,9-11,14,16,18-19,21-22,24-29H2,1-8H3. The first kappa shape index (κ1) is 48.7. The Kier molecular flexibility index (Phi) is 21.3. The molecule has 3 aliphatic heterocycles. The van der Waals surface area contributed by atoms with Crippen LogP contribution in [0.4, 0.5) is 0 Å². The summed E-state index contributed by atoms with van der Waals surface area (Å²) in [4.78, 5) is 13.7. The van der Waals surface area contributed by atoms with Gasteiger partial charge in [0.05, 0.1) is 48.8 Å². The Hall–Kier alpha value is -1.63. The number of methoxy groups -OCH3 is 1. The topological polar surface area (TPSA) is 155 Å². The van der Waals surface area contributed by atoms with Gasteiger partial charge >= 0.3 is 5.97 Å². The van der Waals surface area contributed by atoms with E-state index >= 15 is 0 Å². The molecule has 5 N–H and O–H groups in total. The number of fused-ring (bicyclic) bond motifs is 2. The van der Waals surface area contributed by atoms with E-state index in [2.05, 4.69) is 32.9 Å². The summed E-state index contributed by atoms with van der Waals surface area (Å²) in [6.45, 7) is 13.7. The summed E-state index contributed by atoms with van der Waals surface area (Å²) in [6.07, 6.45) is 17.1. The summed E-state index contributed by atoms with van der Waals surface area (Å²) in [7, 11) is 1.54. The third-order valence-electron chi connectivity index (χ3n) is 13.2. The van der Waals surface area contributed by atoms with E-state index in [1.807, 2.05) is 26.0 Å². The van der Waals surface area contributed by atoms with Gasteiger partial charge in [0.2, 0.25) is 0 Å². The monoisotopic (exact) mass is 793 g/mol. The molecule has 10 heteroatoms. The third-order valence-corrected chi connectivity index (χ3v) is 13.2. The van der Waals surface area contributed by atoms with Crippen LogP contribution >= 0.6 is 0 Å². The summed E-state index contributed by atoms with van der Waals surface area (Å²) < 4.78 is 25.9. The molecular formula is C46H80O10. The molecule has 0 radical (unpaired) electrons. The lowest BCUT2D eigenvalue weighted by molar-refractivity contribution is -0.349. The minimum absolute atomic E-state index is 0.0121. The second-order valence-electron chi connectivity index (χ2n) is 17.8. The summed E-state index contributed by atoms with van der Waals surface area (Å²) in [5.74, 6) is -2.21. The lowest BCUT2D eigenvalue weighted by atomic mass is 9.77. The SMILES string of the molecule is CCCCCC1C2CC3(CCC(C)C(CC(C)O)O3)OC1CCC(CC)C=CC=CCCC(O)C(C)C(O)CC(OC)CC(O)C(C)C(O)C(C)C=CC(=O)O2. The summed E-state index contributed by atoms with van der Waals surface area (Å²) in [6, 6.07) is 0. The lowest BCUT2D eigenvalue weighted by Gasteiger charge is -2.52. The fourth-order valence-electron chi connectivity index (χ4n) is 8.94. The van der Waals surface area contributed by atoms with Crippen LogP contribution in [0.1, 0.15) is 145 Å². The Balaban J connectivity index is 1.96. The molecule has 0 aliphatic carbocycles. The Bertz CT molecular complexity index is 1200. The molecule has 0 aromatic rings. The largest absolute Gasteiger partial charge is 0.459 e. The van der Waals surface area contributed by atoms with Gasteiger partial charge in [-0.05, 0) is 83.0 Å². The first-order valence-electron chi connectivity index (χ1n) is 22.1. The first-order chi connectivity index (χ1) is 26.6. The number of unbranched alkanes of at least 4 members (excludes halogenated alkanes) is 2. The van der Waals surface area contributed by atoms with Gasteiger partial charge in [-0.15, -0.1) is 0 Å². The fraction of sp³-hybridized carbons (Fsp3) is 0.848. The molecule has 16 unspecified atom stereocenters.